The number of hydrogen-bond acceptors (Lipinski definition) is 4. The Kier molecular flexibility index (Phi) is 4.18. The predicted molar refractivity (Wildman–Crippen MR) is 79.0 cm³/mol. The summed E-state index contributed by atoms with van der Waals surface area (Å²) in [6.45, 7) is 0. The number of benzene rings is 1. The third kappa shape index (κ3) is 3.00. The molecule has 0 aliphatic heterocycles. The van der Waals surface area contributed by atoms with Crippen LogP contribution in [0.4, 0.5) is 0 Å². The summed E-state index contributed by atoms with van der Waals surface area (Å²) in [6.07, 6.45) is 4.99. The Balaban J connectivity index is 1.70. The molecule has 1 aliphatic carbocycles. The Morgan fingerprint density at radius 1 is 1.26 bits per heavy atom. The summed E-state index contributed by atoms with van der Waals surface area (Å²) in [6, 6.07) is 8.77. The van der Waals surface area contributed by atoms with E-state index >= 15 is 0 Å². The van der Waals surface area contributed by atoms with Crippen LogP contribution in [0.15, 0.2) is 33.9 Å². The van der Waals surface area contributed by atoms with E-state index in [0.717, 1.165) is 15.4 Å². The second kappa shape index (κ2) is 6.05. The summed E-state index contributed by atoms with van der Waals surface area (Å²) in [5, 5.41) is 13.1. The first-order chi connectivity index (χ1) is 9.34. The Morgan fingerprint density at radius 2 is 2.05 bits per heavy atom. The van der Waals surface area contributed by atoms with Gasteiger partial charge in [-0.2, -0.15) is 0 Å². The molecule has 1 heterocycles. The van der Waals surface area contributed by atoms with Crippen LogP contribution >= 0.6 is 27.7 Å². The van der Waals surface area contributed by atoms with Gasteiger partial charge in [0.15, 0.2) is 0 Å². The standard InChI is InChI=1S/C13H15BrN4S/c14-12-8-4-1-5-10(12)9-19-13-15-16-17-18(13)11-6-2-3-7-11/h1,4-5,8,11H,2-3,6-7,9H2. The SMILES string of the molecule is Brc1ccccc1CSc1nnnn1C1CCCC1. The number of tetrazole rings is 1. The molecule has 1 saturated carbocycles. The second-order valence-corrected chi connectivity index (χ2v) is 6.52. The summed E-state index contributed by atoms with van der Waals surface area (Å²) in [5.41, 5.74) is 1.27. The van der Waals surface area contributed by atoms with Gasteiger partial charge < -0.3 is 0 Å². The van der Waals surface area contributed by atoms with Crippen LogP contribution in [-0.4, -0.2) is 20.2 Å². The molecule has 19 heavy (non-hydrogen) atoms. The molecular weight excluding hydrogens is 324 g/mol. The maximum Gasteiger partial charge on any atom is 0.209 e. The van der Waals surface area contributed by atoms with Crippen LogP contribution in [0, 0.1) is 0 Å². The second-order valence-electron chi connectivity index (χ2n) is 4.72. The molecular formula is C13H15BrN4S. The van der Waals surface area contributed by atoms with Gasteiger partial charge in [0.05, 0.1) is 6.04 Å². The molecule has 0 saturated heterocycles. The number of rotatable bonds is 4. The van der Waals surface area contributed by atoms with E-state index in [9.17, 15) is 0 Å². The van der Waals surface area contributed by atoms with Crippen molar-refractivity contribution in [3.05, 3.63) is 34.3 Å². The van der Waals surface area contributed by atoms with Crippen LogP contribution in [0.25, 0.3) is 0 Å². The first-order valence-corrected chi connectivity index (χ1v) is 8.26. The van der Waals surface area contributed by atoms with Crippen LogP contribution in [0.3, 0.4) is 0 Å². The average molecular weight is 339 g/mol. The fourth-order valence-electron chi connectivity index (χ4n) is 2.42. The molecule has 100 valence electrons. The molecule has 4 nitrogen and oxygen atoms in total. The van der Waals surface area contributed by atoms with Crippen LogP contribution in [0.5, 0.6) is 0 Å². The van der Waals surface area contributed by atoms with Crippen molar-refractivity contribution in [2.24, 2.45) is 0 Å². The Morgan fingerprint density at radius 3 is 2.84 bits per heavy atom. The van der Waals surface area contributed by atoms with Crippen LogP contribution < -0.4 is 0 Å². The minimum atomic E-state index is 0.497. The zero-order valence-electron chi connectivity index (χ0n) is 10.5. The van der Waals surface area contributed by atoms with Gasteiger partial charge in [0, 0.05) is 10.2 Å². The van der Waals surface area contributed by atoms with Gasteiger partial charge >= 0.3 is 0 Å². The summed E-state index contributed by atoms with van der Waals surface area (Å²) in [5.74, 6) is 0.883. The van der Waals surface area contributed by atoms with Crippen LogP contribution in [-0.2, 0) is 5.75 Å². The molecule has 1 aliphatic rings. The fourth-order valence-corrected chi connectivity index (χ4v) is 3.98. The van der Waals surface area contributed by atoms with Crippen molar-refractivity contribution >= 4 is 27.7 Å². The highest BCUT2D eigenvalue weighted by Gasteiger charge is 2.21. The fraction of sp³-hybridized carbons (Fsp3) is 0.462. The molecule has 1 aromatic heterocycles. The Hall–Kier alpha value is -0.880. The smallest absolute Gasteiger partial charge is 0.209 e. The van der Waals surface area contributed by atoms with Gasteiger partial charge in [-0.1, -0.05) is 58.7 Å². The van der Waals surface area contributed by atoms with Gasteiger partial charge in [-0.15, -0.1) is 5.10 Å². The quantitative estimate of drug-likeness (QED) is 0.794. The normalized spacial score (nSPS) is 16.1. The van der Waals surface area contributed by atoms with Crippen molar-refractivity contribution in [3.8, 4) is 0 Å². The van der Waals surface area contributed by atoms with Gasteiger partial charge in [-0.25, -0.2) is 4.68 Å². The van der Waals surface area contributed by atoms with E-state index in [-0.39, 0.29) is 0 Å². The maximum atomic E-state index is 4.16. The topological polar surface area (TPSA) is 43.6 Å². The highest BCUT2D eigenvalue weighted by atomic mass is 79.9. The highest BCUT2D eigenvalue weighted by Crippen LogP contribution is 2.32. The molecule has 0 unspecified atom stereocenters. The molecule has 0 radical (unpaired) electrons. The molecule has 0 bridgehead atoms. The van der Waals surface area contributed by atoms with E-state index in [0.29, 0.717) is 6.04 Å². The van der Waals surface area contributed by atoms with E-state index in [1.54, 1.807) is 11.8 Å². The van der Waals surface area contributed by atoms with Gasteiger partial charge in [0.1, 0.15) is 0 Å². The van der Waals surface area contributed by atoms with E-state index in [2.05, 4.69) is 49.7 Å². The van der Waals surface area contributed by atoms with Gasteiger partial charge in [0.25, 0.3) is 0 Å². The zero-order valence-corrected chi connectivity index (χ0v) is 12.9. The Labute approximate surface area is 125 Å². The molecule has 6 heteroatoms. The Bertz CT molecular complexity index is 551. The molecule has 1 fully saturated rings. The first kappa shape index (κ1) is 13.1. The van der Waals surface area contributed by atoms with E-state index in [4.69, 9.17) is 0 Å². The van der Waals surface area contributed by atoms with Crippen LogP contribution in [0.1, 0.15) is 37.3 Å². The van der Waals surface area contributed by atoms with Crippen molar-refractivity contribution in [1.82, 2.24) is 20.2 Å². The molecule has 0 amide bonds. The third-order valence-electron chi connectivity index (χ3n) is 3.45. The molecule has 0 atom stereocenters. The molecule has 0 N–H and O–H groups in total. The lowest BCUT2D eigenvalue weighted by molar-refractivity contribution is 0.423. The summed E-state index contributed by atoms with van der Waals surface area (Å²) in [4.78, 5) is 0. The summed E-state index contributed by atoms with van der Waals surface area (Å²) in [7, 11) is 0. The van der Waals surface area contributed by atoms with Gasteiger partial charge in [0.2, 0.25) is 5.16 Å². The maximum absolute atomic E-state index is 4.16. The number of hydrogen-bond donors (Lipinski definition) is 0. The number of thioether (sulfide) groups is 1. The zero-order chi connectivity index (χ0) is 13.1. The molecule has 0 spiro atoms. The number of aromatic nitrogens is 4. The third-order valence-corrected chi connectivity index (χ3v) is 5.20. The van der Waals surface area contributed by atoms with Gasteiger partial charge in [-0.05, 0) is 34.9 Å². The highest BCUT2D eigenvalue weighted by molar-refractivity contribution is 9.10. The largest absolute Gasteiger partial charge is 0.217 e. The van der Waals surface area contributed by atoms with Crippen molar-refractivity contribution in [1.29, 1.82) is 0 Å². The van der Waals surface area contributed by atoms with E-state index in [1.807, 2.05) is 10.7 Å². The minimum Gasteiger partial charge on any atom is -0.217 e. The van der Waals surface area contributed by atoms with Crippen molar-refractivity contribution < 1.29 is 0 Å². The lowest BCUT2D eigenvalue weighted by Gasteiger charge is -2.10. The minimum absolute atomic E-state index is 0.497. The lowest BCUT2D eigenvalue weighted by atomic mass is 10.2. The molecule has 3 rings (SSSR count). The predicted octanol–water partition coefficient (Wildman–Crippen LogP) is 3.84. The van der Waals surface area contributed by atoms with Crippen molar-refractivity contribution in [2.45, 2.75) is 42.6 Å². The lowest BCUT2D eigenvalue weighted by Crippen LogP contribution is -2.08. The summed E-state index contributed by atoms with van der Waals surface area (Å²) >= 11 is 5.28. The van der Waals surface area contributed by atoms with Crippen LogP contribution in [0.2, 0.25) is 0 Å². The average Bonchev–Trinajstić information content (AvgIpc) is 3.08. The van der Waals surface area contributed by atoms with Crippen molar-refractivity contribution in [2.75, 3.05) is 0 Å². The molecule has 2 aromatic rings. The monoisotopic (exact) mass is 338 g/mol. The molecule has 1 aromatic carbocycles. The van der Waals surface area contributed by atoms with E-state index < -0.39 is 0 Å². The number of nitrogens with zero attached hydrogens (tertiary/aromatic N) is 4. The summed E-state index contributed by atoms with van der Waals surface area (Å²) < 4.78 is 3.15. The number of halogens is 1. The first-order valence-electron chi connectivity index (χ1n) is 6.48. The van der Waals surface area contributed by atoms with Crippen molar-refractivity contribution in [3.63, 3.8) is 0 Å². The van der Waals surface area contributed by atoms with E-state index in [1.165, 1.54) is 31.2 Å². The van der Waals surface area contributed by atoms with Gasteiger partial charge in [-0.3, -0.25) is 0 Å².